The second-order valence-electron chi connectivity index (χ2n) is 5.42. The van der Waals surface area contributed by atoms with Crippen molar-refractivity contribution in [3.05, 3.63) is 71.8 Å². The van der Waals surface area contributed by atoms with Crippen LogP contribution in [0.25, 0.3) is 10.8 Å². The number of ether oxygens (including phenoxy) is 1. The Morgan fingerprint density at radius 3 is 2.59 bits per heavy atom. The Morgan fingerprint density at radius 1 is 1.00 bits per heavy atom. The van der Waals surface area contributed by atoms with Crippen molar-refractivity contribution in [2.45, 2.75) is 6.54 Å². The molecular weight excluding hydrogens is 290 g/mol. The summed E-state index contributed by atoms with van der Waals surface area (Å²) in [5, 5.41) is 2.50. The maximum atomic E-state index is 5.71. The highest BCUT2D eigenvalue weighted by Gasteiger charge is 2.26. The third-order valence-electron chi connectivity index (χ3n) is 4.12. The summed E-state index contributed by atoms with van der Waals surface area (Å²) in [6.45, 7) is 0.754. The Bertz CT molecular complexity index is 882. The molecule has 108 valence electrons. The van der Waals surface area contributed by atoms with E-state index in [1.165, 1.54) is 22.0 Å². The van der Waals surface area contributed by atoms with E-state index in [1.807, 2.05) is 12.1 Å². The maximum absolute atomic E-state index is 5.71. The van der Waals surface area contributed by atoms with E-state index >= 15 is 0 Å². The number of benzene rings is 3. The van der Waals surface area contributed by atoms with Gasteiger partial charge in [-0.2, -0.15) is 0 Å². The lowest BCUT2D eigenvalue weighted by Gasteiger charge is -2.20. The number of hydrogen-bond donors (Lipinski definition) is 0. The van der Waals surface area contributed by atoms with Crippen molar-refractivity contribution in [3.8, 4) is 5.75 Å². The monoisotopic (exact) mass is 305 g/mol. The average molecular weight is 305 g/mol. The molecule has 0 bridgehead atoms. The molecule has 1 heterocycles. The van der Waals surface area contributed by atoms with Gasteiger partial charge in [-0.3, -0.25) is 0 Å². The second-order valence-corrected chi connectivity index (χ2v) is 5.81. The lowest BCUT2D eigenvalue weighted by Crippen LogP contribution is -2.25. The summed E-state index contributed by atoms with van der Waals surface area (Å²) >= 11 is 5.71. The molecule has 3 aromatic rings. The summed E-state index contributed by atoms with van der Waals surface area (Å²) in [7, 11) is 1.69. The summed E-state index contributed by atoms with van der Waals surface area (Å²) in [4.78, 5) is 3.11. The van der Waals surface area contributed by atoms with E-state index in [4.69, 9.17) is 17.0 Å². The molecule has 0 amide bonds. The molecule has 0 aromatic heterocycles. The van der Waals surface area contributed by atoms with Gasteiger partial charge < -0.3 is 9.64 Å². The van der Waals surface area contributed by atoms with Crippen LogP contribution < -0.4 is 9.64 Å². The Hall–Kier alpha value is -2.39. The highest BCUT2D eigenvalue weighted by molar-refractivity contribution is 7.81. The smallest absolute Gasteiger partial charge is 0.119 e. The molecule has 0 radical (unpaired) electrons. The summed E-state index contributed by atoms with van der Waals surface area (Å²) in [5.41, 5.74) is 3.54. The van der Waals surface area contributed by atoms with Crippen LogP contribution in [0, 0.1) is 0 Å². The predicted octanol–water partition coefficient (Wildman–Crippen LogP) is 4.54. The van der Waals surface area contributed by atoms with Gasteiger partial charge in [0, 0.05) is 17.5 Å². The highest BCUT2D eigenvalue weighted by atomic mass is 32.1. The predicted molar refractivity (Wildman–Crippen MR) is 94.8 cm³/mol. The van der Waals surface area contributed by atoms with Gasteiger partial charge in [-0.05, 0) is 29.1 Å². The molecule has 1 aliphatic rings. The molecular formula is C19H15NOS. The molecule has 0 unspecified atom stereocenters. The van der Waals surface area contributed by atoms with E-state index in [2.05, 4.69) is 53.4 Å². The van der Waals surface area contributed by atoms with E-state index in [-0.39, 0.29) is 0 Å². The first-order valence-electron chi connectivity index (χ1n) is 7.24. The van der Waals surface area contributed by atoms with Crippen molar-refractivity contribution in [2.24, 2.45) is 0 Å². The molecule has 0 saturated carbocycles. The molecule has 22 heavy (non-hydrogen) atoms. The standard InChI is InChI=1S/C19H15NOS/c1-21-15-8-2-5-13(11-15)12-20-17-10-4-7-14-6-3-9-16(18(14)17)19(20)22/h2-11H,12H2,1H3. The van der Waals surface area contributed by atoms with Crippen molar-refractivity contribution in [2.75, 3.05) is 12.0 Å². The highest BCUT2D eigenvalue weighted by Crippen LogP contribution is 2.38. The molecule has 2 nitrogen and oxygen atoms in total. The van der Waals surface area contributed by atoms with Crippen molar-refractivity contribution >= 4 is 33.7 Å². The number of thiocarbonyl (C=S) groups is 1. The molecule has 0 fully saturated rings. The van der Waals surface area contributed by atoms with Crippen molar-refractivity contribution in [1.29, 1.82) is 0 Å². The van der Waals surface area contributed by atoms with Gasteiger partial charge in [0.25, 0.3) is 0 Å². The van der Waals surface area contributed by atoms with Gasteiger partial charge in [-0.15, -0.1) is 0 Å². The third kappa shape index (κ3) is 1.97. The van der Waals surface area contributed by atoms with Crippen LogP contribution in [0.2, 0.25) is 0 Å². The first-order valence-corrected chi connectivity index (χ1v) is 7.65. The zero-order valence-electron chi connectivity index (χ0n) is 12.2. The van der Waals surface area contributed by atoms with Gasteiger partial charge in [0.15, 0.2) is 0 Å². The topological polar surface area (TPSA) is 12.5 Å². The normalized spacial score (nSPS) is 13.0. The van der Waals surface area contributed by atoms with E-state index in [1.54, 1.807) is 7.11 Å². The fraction of sp³-hybridized carbons (Fsp3) is 0.105. The minimum absolute atomic E-state index is 0.754. The van der Waals surface area contributed by atoms with Crippen LogP contribution in [0.3, 0.4) is 0 Å². The van der Waals surface area contributed by atoms with Crippen molar-refractivity contribution < 1.29 is 4.74 Å². The van der Waals surface area contributed by atoms with Crippen LogP contribution in [-0.2, 0) is 6.54 Å². The van der Waals surface area contributed by atoms with Gasteiger partial charge in [0.05, 0.1) is 12.8 Å². The van der Waals surface area contributed by atoms with Gasteiger partial charge in [0.1, 0.15) is 10.7 Å². The minimum Gasteiger partial charge on any atom is -0.497 e. The molecule has 0 aliphatic carbocycles. The minimum atomic E-state index is 0.754. The number of hydrogen-bond acceptors (Lipinski definition) is 2. The van der Waals surface area contributed by atoms with Gasteiger partial charge in [-0.1, -0.05) is 54.7 Å². The molecule has 0 saturated heterocycles. The Morgan fingerprint density at radius 2 is 1.77 bits per heavy atom. The quantitative estimate of drug-likeness (QED) is 0.659. The second kappa shape index (κ2) is 5.11. The Labute approximate surface area is 134 Å². The lowest BCUT2D eigenvalue weighted by atomic mass is 10.1. The molecule has 0 spiro atoms. The molecule has 4 rings (SSSR count). The Kier molecular flexibility index (Phi) is 3.09. The lowest BCUT2D eigenvalue weighted by molar-refractivity contribution is 0.414. The molecule has 0 N–H and O–H groups in total. The fourth-order valence-electron chi connectivity index (χ4n) is 3.09. The summed E-state index contributed by atoms with van der Waals surface area (Å²) in [5.74, 6) is 0.873. The summed E-state index contributed by atoms with van der Waals surface area (Å²) in [6.07, 6.45) is 0. The van der Waals surface area contributed by atoms with Crippen molar-refractivity contribution in [1.82, 2.24) is 0 Å². The third-order valence-corrected chi connectivity index (χ3v) is 4.56. The fourth-order valence-corrected chi connectivity index (χ4v) is 3.42. The largest absolute Gasteiger partial charge is 0.497 e. The van der Waals surface area contributed by atoms with Crippen LogP contribution in [0.1, 0.15) is 11.1 Å². The van der Waals surface area contributed by atoms with Gasteiger partial charge in [-0.25, -0.2) is 0 Å². The number of anilines is 1. The van der Waals surface area contributed by atoms with E-state index < -0.39 is 0 Å². The van der Waals surface area contributed by atoms with E-state index in [0.717, 1.165) is 22.8 Å². The summed E-state index contributed by atoms with van der Waals surface area (Å²) in [6, 6.07) is 20.8. The molecule has 1 aliphatic heterocycles. The first kappa shape index (κ1) is 13.3. The van der Waals surface area contributed by atoms with Crippen LogP contribution in [0.5, 0.6) is 5.75 Å². The van der Waals surface area contributed by atoms with Crippen LogP contribution in [0.15, 0.2) is 60.7 Å². The Balaban J connectivity index is 1.78. The SMILES string of the molecule is COc1cccc(CN2C(=S)c3cccc4cccc2c34)c1. The number of rotatable bonds is 3. The average Bonchev–Trinajstić information content (AvgIpc) is 2.83. The molecule has 3 aromatic carbocycles. The number of nitrogens with zero attached hydrogens (tertiary/aromatic N) is 1. The molecule has 3 heteroatoms. The van der Waals surface area contributed by atoms with Gasteiger partial charge in [0.2, 0.25) is 0 Å². The van der Waals surface area contributed by atoms with Gasteiger partial charge >= 0.3 is 0 Å². The van der Waals surface area contributed by atoms with E-state index in [9.17, 15) is 0 Å². The summed E-state index contributed by atoms with van der Waals surface area (Å²) < 4.78 is 5.31. The van der Waals surface area contributed by atoms with Crippen LogP contribution in [-0.4, -0.2) is 12.1 Å². The van der Waals surface area contributed by atoms with Crippen LogP contribution in [0.4, 0.5) is 5.69 Å². The zero-order chi connectivity index (χ0) is 15.1. The van der Waals surface area contributed by atoms with Crippen molar-refractivity contribution in [3.63, 3.8) is 0 Å². The zero-order valence-corrected chi connectivity index (χ0v) is 13.1. The number of methoxy groups -OCH3 is 1. The maximum Gasteiger partial charge on any atom is 0.119 e. The first-order chi connectivity index (χ1) is 10.8. The molecule has 0 atom stereocenters. The van der Waals surface area contributed by atoms with E-state index in [0.29, 0.717) is 0 Å². The van der Waals surface area contributed by atoms with Crippen LogP contribution >= 0.6 is 12.2 Å².